The molecule has 0 saturated carbocycles. The van der Waals surface area contributed by atoms with Crippen LogP contribution in [-0.2, 0) is 15.4 Å². The summed E-state index contributed by atoms with van der Waals surface area (Å²) in [6, 6.07) is 6.20. The molecule has 0 fully saturated rings. The van der Waals surface area contributed by atoms with Crippen molar-refractivity contribution >= 4 is 45.7 Å². The van der Waals surface area contributed by atoms with Crippen molar-refractivity contribution in [1.29, 1.82) is 0 Å². The van der Waals surface area contributed by atoms with Crippen molar-refractivity contribution in [3.05, 3.63) is 29.3 Å². The van der Waals surface area contributed by atoms with E-state index in [1.807, 2.05) is 6.92 Å². The molecule has 0 unspecified atom stereocenters. The molecule has 0 aromatic heterocycles. The van der Waals surface area contributed by atoms with E-state index in [9.17, 15) is 4.89 Å². The number of hydrogen-bond acceptors (Lipinski definition) is 3. The van der Waals surface area contributed by atoms with Gasteiger partial charge in [0.05, 0.1) is 0 Å². The summed E-state index contributed by atoms with van der Waals surface area (Å²) in [6.07, 6.45) is 0. The van der Waals surface area contributed by atoms with E-state index in [1.54, 1.807) is 6.66 Å². The quantitative estimate of drug-likeness (QED) is 0.657. The van der Waals surface area contributed by atoms with Crippen LogP contribution in [0, 0.1) is 0 Å². The van der Waals surface area contributed by atoms with Crippen molar-refractivity contribution in [2.75, 3.05) is 13.3 Å². The molecule has 0 atom stereocenters. The Morgan fingerprint density at radius 2 is 1.41 bits per heavy atom. The van der Waals surface area contributed by atoms with Crippen LogP contribution >= 0.6 is 7.94 Å². The Morgan fingerprint density at radius 3 is 1.73 bits per heavy atom. The van der Waals surface area contributed by atoms with E-state index < -0.39 is 7.94 Å². The normalized spacial score (nSPS) is 13.5. The predicted molar refractivity (Wildman–Crippen MR) is 101 cm³/mol. The molecule has 1 aromatic rings. The van der Waals surface area contributed by atoms with Crippen LogP contribution in [0.5, 0.6) is 5.75 Å². The second-order valence-corrected chi connectivity index (χ2v) is 9.90. The van der Waals surface area contributed by atoms with Crippen molar-refractivity contribution in [1.82, 2.24) is 0 Å². The van der Waals surface area contributed by atoms with Crippen LogP contribution in [0.15, 0.2) is 18.2 Å². The SMILES string of the molecule is CCO[PH](C)(O)Oc1c(C(C)(C)C)cccc1C(C)(C)C.[CaH2]. The third-order valence-electron chi connectivity index (χ3n) is 3.33. The van der Waals surface area contributed by atoms with E-state index >= 15 is 0 Å². The number of para-hydroxylation sites is 1. The molecule has 1 aromatic carbocycles. The van der Waals surface area contributed by atoms with Gasteiger partial charge in [0.2, 0.25) is 0 Å². The second-order valence-electron chi connectivity index (χ2n) is 7.62. The van der Waals surface area contributed by atoms with E-state index in [-0.39, 0.29) is 48.6 Å². The van der Waals surface area contributed by atoms with Crippen LogP contribution in [0.3, 0.4) is 0 Å². The Kier molecular flexibility index (Phi) is 8.37. The zero-order chi connectivity index (χ0) is 16.5. The van der Waals surface area contributed by atoms with Gasteiger partial charge in [-0.25, -0.2) is 0 Å². The van der Waals surface area contributed by atoms with Crippen molar-refractivity contribution in [3.63, 3.8) is 0 Å². The van der Waals surface area contributed by atoms with Gasteiger partial charge in [-0.15, -0.1) is 0 Å². The summed E-state index contributed by atoms with van der Waals surface area (Å²) in [5.74, 6) is 0.780. The third kappa shape index (κ3) is 6.26. The second kappa shape index (κ2) is 8.14. The van der Waals surface area contributed by atoms with Crippen molar-refractivity contribution in [2.45, 2.75) is 59.3 Å². The molecule has 0 aliphatic rings. The molecular weight excluding hydrogens is 323 g/mol. The first kappa shape index (κ1) is 22.6. The van der Waals surface area contributed by atoms with E-state index in [2.05, 4.69) is 59.7 Å². The maximum absolute atomic E-state index is 10.4. The first-order chi connectivity index (χ1) is 9.38. The molecule has 5 heteroatoms. The van der Waals surface area contributed by atoms with Gasteiger partial charge in [-0.1, -0.05) is 0 Å². The van der Waals surface area contributed by atoms with Crippen LogP contribution in [0.2, 0.25) is 0 Å². The molecule has 1 N–H and O–H groups in total. The number of benzene rings is 1. The van der Waals surface area contributed by atoms with Gasteiger partial charge in [-0.05, 0) is 0 Å². The molecule has 0 aliphatic heterocycles. The van der Waals surface area contributed by atoms with Gasteiger partial charge in [-0.3, -0.25) is 0 Å². The molecule has 0 heterocycles. The van der Waals surface area contributed by atoms with Crippen LogP contribution in [-0.4, -0.2) is 55.9 Å². The topological polar surface area (TPSA) is 38.7 Å². The molecular formula is C17H33CaO3P. The standard InChI is InChI=1S/C17H31O3P.Ca.2H/c1-9-19-21(8,18)20-15-13(16(2,3)4)11-10-12-14(15)17(5,6)7;;;/h10-12,18,21H,9H2,1-8H3;;;. The van der Waals surface area contributed by atoms with Gasteiger partial charge in [0.15, 0.2) is 0 Å². The van der Waals surface area contributed by atoms with Crippen LogP contribution in [0.25, 0.3) is 0 Å². The Hall–Kier alpha value is 0.630. The molecule has 3 nitrogen and oxygen atoms in total. The Balaban J connectivity index is 0.00000441. The maximum atomic E-state index is 10.4. The molecule has 22 heavy (non-hydrogen) atoms. The third-order valence-corrected chi connectivity index (χ3v) is 4.74. The van der Waals surface area contributed by atoms with Crippen LogP contribution in [0.4, 0.5) is 0 Å². The van der Waals surface area contributed by atoms with Gasteiger partial charge < -0.3 is 0 Å². The Labute approximate surface area is 166 Å². The summed E-state index contributed by atoms with van der Waals surface area (Å²) in [7, 11) is -3.16. The molecule has 0 saturated heterocycles. The van der Waals surface area contributed by atoms with Gasteiger partial charge in [0, 0.05) is 0 Å². The van der Waals surface area contributed by atoms with E-state index in [1.165, 1.54) is 0 Å². The predicted octanol–water partition coefficient (Wildman–Crippen LogP) is 3.90. The van der Waals surface area contributed by atoms with Crippen molar-refractivity contribution in [3.8, 4) is 5.75 Å². The molecule has 0 radical (unpaired) electrons. The number of hydrogen-bond donors (Lipinski definition) is 1. The van der Waals surface area contributed by atoms with Crippen LogP contribution < -0.4 is 4.52 Å². The fourth-order valence-electron chi connectivity index (χ4n) is 2.31. The van der Waals surface area contributed by atoms with Crippen molar-refractivity contribution in [2.24, 2.45) is 0 Å². The summed E-state index contributed by atoms with van der Waals surface area (Å²) in [6.45, 7) is 16.9. The average molecular weight is 357 g/mol. The minimum absolute atomic E-state index is 0. The summed E-state index contributed by atoms with van der Waals surface area (Å²) in [4.78, 5) is 10.4. The zero-order valence-electron chi connectivity index (χ0n) is 14.7. The molecule has 0 amide bonds. The molecule has 0 spiro atoms. The first-order valence-corrected chi connectivity index (χ1v) is 9.84. The van der Waals surface area contributed by atoms with Gasteiger partial charge in [-0.2, -0.15) is 0 Å². The molecule has 1 rings (SSSR count). The average Bonchev–Trinajstić information content (AvgIpc) is 2.25. The summed E-state index contributed by atoms with van der Waals surface area (Å²) < 4.78 is 11.5. The Bertz CT molecular complexity index is 455. The molecule has 126 valence electrons. The first-order valence-electron chi connectivity index (χ1n) is 7.58. The van der Waals surface area contributed by atoms with E-state index in [0.717, 1.165) is 16.9 Å². The summed E-state index contributed by atoms with van der Waals surface area (Å²) >= 11 is 0. The zero-order valence-corrected chi connectivity index (χ0v) is 15.7. The van der Waals surface area contributed by atoms with E-state index in [0.29, 0.717) is 6.61 Å². The molecule has 0 aliphatic carbocycles. The fourth-order valence-corrected chi connectivity index (χ4v) is 3.51. The van der Waals surface area contributed by atoms with Gasteiger partial charge >= 0.3 is 167 Å². The van der Waals surface area contributed by atoms with Gasteiger partial charge in [0.1, 0.15) is 0 Å². The Morgan fingerprint density at radius 1 is 1.00 bits per heavy atom. The fraction of sp³-hybridized carbons (Fsp3) is 0.647. The van der Waals surface area contributed by atoms with Crippen LogP contribution in [0.1, 0.15) is 59.6 Å². The summed E-state index contributed by atoms with van der Waals surface area (Å²) in [5.41, 5.74) is 2.07. The van der Waals surface area contributed by atoms with Crippen molar-refractivity contribution < 1.29 is 13.9 Å². The summed E-state index contributed by atoms with van der Waals surface area (Å²) in [5, 5.41) is 0. The molecule has 0 bridgehead atoms. The van der Waals surface area contributed by atoms with Gasteiger partial charge in [0.25, 0.3) is 0 Å². The monoisotopic (exact) mass is 356 g/mol. The number of rotatable bonds is 4. The van der Waals surface area contributed by atoms with E-state index in [4.69, 9.17) is 9.05 Å². The minimum atomic E-state index is -3.16.